The minimum Gasteiger partial charge on any atom is -0.497 e. The molecule has 0 spiro atoms. The smallest absolute Gasteiger partial charge is 0.326 e. The maximum absolute atomic E-state index is 12.0. The van der Waals surface area contributed by atoms with Gasteiger partial charge in [-0.15, -0.1) is 0 Å². The number of carbonyl (C=O) groups is 2. The fourth-order valence-corrected chi connectivity index (χ4v) is 2.18. The summed E-state index contributed by atoms with van der Waals surface area (Å²) in [6.07, 6.45) is 0.160. The van der Waals surface area contributed by atoms with Crippen molar-refractivity contribution >= 4 is 29.3 Å². The molecular formula is C17H17ClN2O4. The Bertz CT molecular complexity index is 702. The summed E-state index contributed by atoms with van der Waals surface area (Å²) in [5.74, 6) is -0.434. The number of hydrogen-bond donors (Lipinski definition) is 3. The van der Waals surface area contributed by atoms with Crippen LogP contribution < -0.4 is 15.4 Å². The van der Waals surface area contributed by atoms with Gasteiger partial charge in [-0.25, -0.2) is 9.59 Å². The molecule has 2 amide bonds. The summed E-state index contributed by atoms with van der Waals surface area (Å²) in [6.45, 7) is 0. The van der Waals surface area contributed by atoms with E-state index in [1.165, 1.54) is 0 Å². The first-order chi connectivity index (χ1) is 11.5. The van der Waals surface area contributed by atoms with Crippen molar-refractivity contribution in [3.8, 4) is 5.75 Å². The molecule has 24 heavy (non-hydrogen) atoms. The highest BCUT2D eigenvalue weighted by Gasteiger charge is 2.20. The summed E-state index contributed by atoms with van der Waals surface area (Å²) in [6, 6.07) is 11.9. The van der Waals surface area contributed by atoms with Gasteiger partial charge in [-0.3, -0.25) is 0 Å². The van der Waals surface area contributed by atoms with Crippen molar-refractivity contribution in [2.45, 2.75) is 12.5 Å². The topological polar surface area (TPSA) is 87.7 Å². The number of amides is 2. The Balaban J connectivity index is 1.97. The lowest BCUT2D eigenvalue weighted by molar-refractivity contribution is -0.139. The van der Waals surface area contributed by atoms with Crippen LogP contribution in [0.5, 0.6) is 5.75 Å². The van der Waals surface area contributed by atoms with Gasteiger partial charge in [0, 0.05) is 17.1 Å². The van der Waals surface area contributed by atoms with Gasteiger partial charge < -0.3 is 20.5 Å². The van der Waals surface area contributed by atoms with Gasteiger partial charge in [-0.05, 0) is 42.0 Å². The number of ether oxygens (including phenoxy) is 1. The molecule has 2 aromatic rings. The average molecular weight is 349 g/mol. The lowest BCUT2D eigenvalue weighted by atomic mass is 10.1. The third kappa shape index (κ3) is 5.17. The van der Waals surface area contributed by atoms with Gasteiger partial charge in [-0.2, -0.15) is 0 Å². The average Bonchev–Trinajstić information content (AvgIpc) is 2.57. The highest BCUT2D eigenvalue weighted by molar-refractivity contribution is 6.30. The van der Waals surface area contributed by atoms with Crippen molar-refractivity contribution in [2.24, 2.45) is 0 Å². The molecule has 6 nitrogen and oxygen atoms in total. The van der Waals surface area contributed by atoms with E-state index in [0.29, 0.717) is 16.5 Å². The molecule has 0 bridgehead atoms. The third-order valence-electron chi connectivity index (χ3n) is 3.30. The third-order valence-corrected chi connectivity index (χ3v) is 3.56. The number of anilines is 1. The molecule has 0 radical (unpaired) electrons. The molecule has 126 valence electrons. The molecule has 2 rings (SSSR count). The first-order valence-corrected chi connectivity index (χ1v) is 7.54. The van der Waals surface area contributed by atoms with Crippen molar-refractivity contribution in [3.05, 3.63) is 59.1 Å². The van der Waals surface area contributed by atoms with Gasteiger partial charge >= 0.3 is 12.0 Å². The molecule has 0 fully saturated rings. The summed E-state index contributed by atoms with van der Waals surface area (Å²) in [7, 11) is 1.55. The SMILES string of the molecule is COc1ccc(CC(NC(=O)Nc2ccc(Cl)cc2)C(=O)O)cc1. The maximum Gasteiger partial charge on any atom is 0.326 e. The van der Waals surface area contributed by atoms with Crippen LogP contribution in [0.25, 0.3) is 0 Å². The zero-order valence-corrected chi connectivity index (χ0v) is 13.7. The molecule has 0 aromatic heterocycles. The first kappa shape index (κ1) is 17.6. The van der Waals surface area contributed by atoms with E-state index >= 15 is 0 Å². The number of halogens is 1. The number of rotatable bonds is 6. The summed E-state index contributed by atoms with van der Waals surface area (Å²) < 4.78 is 5.06. The van der Waals surface area contributed by atoms with Crippen LogP contribution in [0.4, 0.5) is 10.5 Å². The minimum absolute atomic E-state index is 0.160. The Kier molecular flexibility index (Phi) is 6.03. The molecule has 0 saturated heterocycles. The van der Waals surface area contributed by atoms with Crippen LogP contribution in [-0.4, -0.2) is 30.3 Å². The van der Waals surface area contributed by atoms with Gasteiger partial charge in [0.1, 0.15) is 11.8 Å². The van der Waals surface area contributed by atoms with Crippen LogP contribution in [0.3, 0.4) is 0 Å². The summed E-state index contributed by atoms with van der Waals surface area (Å²) in [5, 5.41) is 14.9. The molecule has 0 aliphatic carbocycles. The van der Waals surface area contributed by atoms with Crippen molar-refractivity contribution in [3.63, 3.8) is 0 Å². The van der Waals surface area contributed by atoms with Crippen molar-refractivity contribution in [1.29, 1.82) is 0 Å². The van der Waals surface area contributed by atoms with Crippen LogP contribution in [0.1, 0.15) is 5.56 Å². The Morgan fingerprint density at radius 3 is 2.29 bits per heavy atom. The van der Waals surface area contributed by atoms with E-state index in [-0.39, 0.29) is 6.42 Å². The van der Waals surface area contributed by atoms with Crippen molar-refractivity contribution in [1.82, 2.24) is 5.32 Å². The van der Waals surface area contributed by atoms with E-state index < -0.39 is 18.0 Å². The minimum atomic E-state index is -1.11. The molecule has 0 aliphatic heterocycles. The number of benzene rings is 2. The predicted molar refractivity (Wildman–Crippen MR) is 91.7 cm³/mol. The van der Waals surface area contributed by atoms with Crippen LogP contribution in [0.15, 0.2) is 48.5 Å². The van der Waals surface area contributed by atoms with E-state index in [1.54, 1.807) is 55.6 Å². The number of carbonyl (C=O) groups excluding carboxylic acids is 1. The van der Waals surface area contributed by atoms with Crippen molar-refractivity contribution < 1.29 is 19.4 Å². The van der Waals surface area contributed by atoms with Crippen LogP contribution in [0, 0.1) is 0 Å². The number of urea groups is 1. The molecule has 1 unspecified atom stereocenters. The molecule has 7 heteroatoms. The van der Waals surface area contributed by atoms with Gasteiger partial charge in [0.05, 0.1) is 7.11 Å². The number of methoxy groups -OCH3 is 1. The molecule has 0 heterocycles. The van der Waals surface area contributed by atoms with E-state index in [2.05, 4.69) is 10.6 Å². The Labute approximate surface area is 144 Å². The first-order valence-electron chi connectivity index (χ1n) is 7.17. The zero-order valence-electron chi connectivity index (χ0n) is 13.0. The second-order valence-electron chi connectivity index (χ2n) is 5.05. The van der Waals surface area contributed by atoms with E-state index in [4.69, 9.17) is 16.3 Å². The molecular weight excluding hydrogens is 332 g/mol. The number of carboxylic acids is 1. The summed E-state index contributed by atoms with van der Waals surface area (Å²) in [4.78, 5) is 23.3. The molecule has 3 N–H and O–H groups in total. The Morgan fingerprint density at radius 2 is 1.75 bits per heavy atom. The monoisotopic (exact) mass is 348 g/mol. The van der Waals surface area contributed by atoms with Gasteiger partial charge in [0.2, 0.25) is 0 Å². The quantitative estimate of drug-likeness (QED) is 0.748. The molecule has 1 atom stereocenters. The highest BCUT2D eigenvalue weighted by atomic mass is 35.5. The van der Waals surface area contributed by atoms with Crippen LogP contribution >= 0.6 is 11.6 Å². The van der Waals surface area contributed by atoms with Gasteiger partial charge in [0.25, 0.3) is 0 Å². The molecule has 0 saturated carbocycles. The highest BCUT2D eigenvalue weighted by Crippen LogP contribution is 2.14. The maximum atomic E-state index is 12.0. The Morgan fingerprint density at radius 1 is 1.12 bits per heavy atom. The summed E-state index contributed by atoms with van der Waals surface area (Å²) in [5.41, 5.74) is 1.29. The second-order valence-corrected chi connectivity index (χ2v) is 5.48. The predicted octanol–water partition coefficient (Wildman–Crippen LogP) is 3.17. The lowest BCUT2D eigenvalue weighted by Gasteiger charge is -2.15. The standard InChI is InChI=1S/C17H17ClN2O4/c1-24-14-8-2-11(3-9-14)10-15(16(21)22)20-17(23)19-13-6-4-12(18)5-7-13/h2-9,15H,10H2,1H3,(H,21,22)(H2,19,20,23). The van der Waals surface area contributed by atoms with E-state index in [0.717, 1.165) is 5.56 Å². The zero-order chi connectivity index (χ0) is 17.5. The van der Waals surface area contributed by atoms with Crippen LogP contribution in [-0.2, 0) is 11.2 Å². The largest absolute Gasteiger partial charge is 0.497 e. The number of carboxylic acid groups (broad SMARTS) is 1. The van der Waals surface area contributed by atoms with Crippen molar-refractivity contribution in [2.75, 3.05) is 12.4 Å². The van der Waals surface area contributed by atoms with Gasteiger partial charge in [0.15, 0.2) is 0 Å². The number of aliphatic carboxylic acids is 1. The Hall–Kier alpha value is -2.73. The van der Waals surface area contributed by atoms with Crippen LogP contribution in [0.2, 0.25) is 5.02 Å². The molecule has 0 aliphatic rings. The number of nitrogens with one attached hydrogen (secondary N) is 2. The van der Waals surface area contributed by atoms with E-state index in [1.807, 2.05) is 0 Å². The number of hydrogen-bond acceptors (Lipinski definition) is 3. The fraction of sp³-hybridized carbons (Fsp3) is 0.176. The summed E-state index contributed by atoms with van der Waals surface area (Å²) >= 11 is 5.77. The fourth-order valence-electron chi connectivity index (χ4n) is 2.06. The van der Waals surface area contributed by atoms with E-state index in [9.17, 15) is 14.7 Å². The normalized spacial score (nSPS) is 11.4. The van der Waals surface area contributed by atoms with Gasteiger partial charge in [-0.1, -0.05) is 23.7 Å². The second kappa shape index (κ2) is 8.21. The lowest BCUT2D eigenvalue weighted by Crippen LogP contribution is -2.44. The molecule has 2 aromatic carbocycles.